The number of methoxy groups -OCH3 is 1. The highest BCUT2D eigenvalue weighted by atomic mass is 16.5. The van der Waals surface area contributed by atoms with Gasteiger partial charge < -0.3 is 4.74 Å². The number of hydrogen-bond donors (Lipinski definition) is 1. The van der Waals surface area contributed by atoms with Gasteiger partial charge >= 0.3 is 5.97 Å². The van der Waals surface area contributed by atoms with E-state index in [1.165, 1.54) is 13.2 Å². The zero-order valence-electron chi connectivity index (χ0n) is 8.10. The largest absolute Gasteiger partial charge is 0.466 e. The topological polar surface area (TPSA) is 67.9 Å². The first-order chi connectivity index (χ1) is 7.29. The van der Waals surface area contributed by atoms with E-state index in [0.29, 0.717) is 0 Å². The van der Waals surface area contributed by atoms with E-state index in [9.17, 15) is 4.79 Å². The molecule has 0 saturated carbocycles. The van der Waals surface area contributed by atoms with Crippen molar-refractivity contribution in [2.75, 3.05) is 7.11 Å². The van der Waals surface area contributed by atoms with Crippen LogP contribution >= 0.6 is 0 Å². The van der Waals surface area contributed by atoms with Gasteiger partial charge in [-0.05, 0) is 23.8 Å². The Labute approximate surface area is 85.7 Å². The zero-order chi connectivity index (χ0) is 10.7. The summed E-state index contributed by atoms with van der Waals surface area (Å²) in [6.45, 7) is 0. The summed E-state index contributed by atoms with van der Waals surface area (Å²) < 4.78 is 4.48. The molecule has 0 spiro atoms. The lowest BCUT2D eigenvalue weighted by Crippen LogP contribution is -1.93. The quantitative estimate of drug-likeness (QED) is 0.587. The number of esters is 1. The first kappa shape index (κ1) is 9.39. The Bertz CT molecular complexity index is 516. The molecule has 0 unspecified atom stereocenters. The molecule has 0 amide bonds. The van der Waals surface area contributed by atoms with Crippen LogP contribution in [0.1, 0.15) is 5.56 Å². The van der Waals surface area contributed by atoms with Crippen LogP contribution in [0.4, 0.5) is 0 Å². The summed E-state index contributed by atoms with van der Waals surface area (Å²) in [7, 11) is 1.34. The van der Waals surface area contributed by atoms with Crippen molar-refractivity contribution in [2.45, 2.75) is 0 Å². The number of carbonyl (C=O) groups excluding carboxylic acids is 1. The second-order valence-corrected chi connectivity index (χ2v) is 2.93. The maximum Gasteiger partial charge on any atom is 0.330 e. The third-order valence-corrected chi connectivity index (χ3v) is 1.95. The van der Waals surface area contributed by atoms with Gasteiger partial charge in [-0.3, -0.25) is 0 Å². The van der Waals surface area contributed by atoms with E-state index in [4.69, 9.17) is 0 Å². The molecule has 0 atom stereocenters. The third kappa shape index (κ3) is 2.01. The van der Waals surface area contributed by atoms with Gasteiger partial charge in [0.15, 0.2) is 0 Å². The fourth-order valence-corrected chi connectivity index (χ4v) is 1.19. The van der Waals surface area contributed by atoms with Gasteiger partial charge in [0.2, 0.25) is 0 Å². The number of H-pyrrole nitrogens is 1. The highest BCUT2D eigenvalue weighted by Gasteiger charge is 1.98. The maximum atomic E-state index is 10.9. The molecule has 1 heterocycles. The van der Waals surface area contributed by atoms with E-state index >= 15 is 0 Å². The molecular weight excluding hydrogens is 194 g/mol. The maximum absolute atomic E-state index is 10.9. The molecule has 1 aromatic heterocycles. The first-order valence-electron chi connectivity index (χ1n) is 4.36. The van der Waals surface area contributed by atoms with Crippen molar-refractivity contribution in [3.8, 4) is 0 Å². The van der Waals surface area contributed by atoms with Crippen LogP contribution in [0.3, 0.4) is 0 Å². The molecule has 1 aromatic carbocycles. The second-order valence-electron chi connectivity index (χ2n) is 2.93. The Morgan fingerprint density at radius 2 is 2.20 bits per heavy atom. The van der Waals surface area contributed by atoms with Gasteiger partial charge in [0, 0.05) is 6.08 Å². The standard InChI is InChI=1S/C10H9N3O2/c1-15-10(14)5-3-7-2-4-8-9(6-7)12-13-11-8/h2-6H,1H3,(H,11,12,13). The number of nitrogens with zero attached hydrogens (tertiary/aromatic N) is 2. The normalized spacial score (nSPS) is 11.0. The molecule has 1 N–H and O–H groups in total. The van der Waals surface area contributed by atoms with Gasteiger partial charge in [-0.2, -0.15) is 15.4 Å². The van der Waals surface area contributed by atoms with E-state index in [1.54, 1.807) is 6.08 Å². The molecule has 2 aromatic rings. The highest BCUT2D eigenvalue weighted by Crippen LogP contribution is 2.11. The van der Waals surface area contributed by atoms with Gasteiger partial charge in [0.25, 0.3) is 0 Å². The molecular formula is C10H9N3O2. The van der Waals surface area contributed by atoms with Crippen LogP contribution in [0.5, 0.6) is 0 Å². The zero-order valence-corrected chi connectivity index (χ0v) is 8.10. The van der Waals surface area contributed by atoms with Crippen LogP contribution in [0.25, 0.3) is 17.1 Å². The van der Waals surface area contributed by atoms with Crippen molar-refractivity contribution in [2.24, 2.45) is 0 Å². The number of benzene rings is 1. The van der Waals surface area contributed by atoms with Crippen molar-refractivity contribution >= 4 is 23.1 Å². The lowest BCUT2D eigenvalue weighted by atomic mass is 10.2. The SMILES string of the molecule is COC(=O)C=Cc1ccc2n[nH]nc2c1. The summed E-state index contributed by atoms with van der Waals surface area (Å²) in [6, 6.07) is 5.51. The number of nitrogens with one attached hydrogen (secondary N) is 1. The number of rotatable bonds is 2. The summed E-state index contributed by atoms with van der Waals surface area (Å²) >= 11 is 0. The molecule has 0 saturated heterocycles. The molecule has 0 bridgehead atoms. The molecule has 5 nitrogen and oxygen atoms in total. The summed E-state index contributed by atoms with van der Waals surface area (Å²) in [5.41, 5.74) is 2.44. The van der Waals surface area contributed by atoms with Crippen molar-refractivity contribution in [1.82, 2.24) is 15.4 Å². The van der Waals surface area contributed by atoms with Crippen LogP contribution in [-0.4, -0.2) is 28.5 Å². The fourth-order valence-electron chi connectivity index (χ4n) is 1.19. The fraction of sp³-hybridized carbons (Fsp3) is 0.100. The predicted octanol–water partition coefficient (Wildman–Crippen LogP) is 1.14. The molecule has 5 heteroatoms. The molecule has 2 rings (SSSR count). The number of carbonyl (C=O) groups is 1. The minimum absolute atomic E-state index is 0.379. The van der Waals surface area contributed by atoms with Crippen LogP contribution < -0.4 is 0 Å². The van der Waals surface area contributed by atoms with Crippen molar-refractivity contribution in [1.29, 1.82) is 0 Å². The minimum atomic E-state index is -0.379. The number of fused-ring (bicyclic) bond motifs is 1. The number of hydrogen-bond acceptors (Lipinski definition) is 4. The van der Waals surface area contributed by atoms with E-state index < -0.39 is 0 Å². The lowest BCUT2D eigenvalue weighted by molar-refractivity contribution is -0.134. The second kappa shape index (κ2) is 3.91. The van der Waals surface area contributed by atoms with Crippen molar-refractivity contribution in [3.63, 3.8) is 0 Å². The third-order valence-electron chi connectivity index (χ3n) is 1.95. The Morgan fingerprint density at radius 1 is 1.40 bits per heavy atom. The van der Waals surface area contributed by atoms with Gasteiger partial charge in [0.05, 0.1) is 7.11 Å². The van der Waals surface area contributed by atoms with E-state index in [1.807, 2.05) is 18.2 Å². The Kier molecular flexibility index (Phi) is 2.45. The Morgan fingerprint density at radius 3 is 3.00 bits per heavy atom. The highest BCUT2D eigenvalue weighted by molar-refractivity contribution is 5.88. The van der Waals surface area contributed by atoms with Gasteiger partial charge in [-0.25, -0.2) is 4.79 Å². The van der Waals surface area contributed by atoms with Crippen molar-refractivity contribution < 1.29 is 9.53 Å². The Hall–Kier alpha value is -2.17. The van der Waals surface area contributed by atoms with E-state index in [2.05, 4.69) is 20.1 Å². The average Bonchev–Trinajstić information content (AvgIpc) is 2.72. The predicted molar refractivity (Wildman–Crippen MR) is 54.9 cm³/mol. The van der Waals surface area contributed by atoms with Crippen LogP contribution in [-0.2, 0) is 9.53 Å². The van der Waals surface area contributed by atoms with E-state index in [0.717, 1.165) is 16.6 Å². The number of aromatic amines is 1. The molecule has 0 aliphatic rings. The summed E-state index contributed by atoms with van der Waals surface area (Å²) in [5, 5.41) is 10.4. The van der Waals surface area contributed by atoms with Gasteiger partial charge in [-0.1, -0.05) is 6.07 Å². The number of ether oxygens (including phenoxy) is 1. The van der Waals surface area contributed by atoms with E-state index in [-0.39, 0.29) is 5.97 Å². The van der Waals surface area contributed by atoms with Crippen molar-refractivity contribution in [3.05, 3.63) is 29.8 Å². The van der Waals surface area contributed by atoms with Crippen LogP contribution in [0, 0.1) is 0 Å². The van der Waals surface area contributed by atoms with Gasteiger partial charge in [0.1, 0.15) is 11.0 Å². The molecule has 15 heavy (non-hydrogen) atoms. The summed E-state index contributed by atoms with van der Waals surface area (Å²) in [6.07, 6.45) is 3.03. The smallest absolute Gasteiger partial charge is 0.330 e. The summed E-state index contributed by atoms with van der Waals surface area (Å²) in [4.78, 5) is 10.9. The summed E-state index contributed by atoms with van der Waals surface area (Å²) in [5.74, 6) is -0.379. The molecule has 76 valence electrons. The molecule has 0 aliphatic heterocycles. The van der Waals surface area contributed by atoms with Crippen LogP contribution in [0.2, 0.25) is 0 Å². The Balaban J connectivity index is 2.28. The monoisotopic (exact) mass is 203 g/mol. The first-order valence-corrected chi connectivity index (χ1v) is 4.36. The van der Waals surface area contributed by atoms with Crippen LogP contribution in [0.15, 0.2) is 24.3 Å². The number of aromatic nitrogens is 3. The molecule has 0 fully saturated rings. The van der Waals surface area contributed by atoms with Gasteiger partial charge in [-0.15, -0.1) is 0 Å². The molecule has 0 radical (unpaired) electrons. The minimum Gasteiger partial charge on any atom is -0.466 e. The molecule has 0 aliphatic carbocycles. The average molecular weight is 203 g/mol. The lowest BCUT2D eigenvalue weighted by Gasteiger charge is -1.92.